The van der Waals surface area contributed by atoms with Crippen LogP contribution in [0.15, 0.2) is 34.9 Å². The van der Waals surface area contributed by atoms with E-state index in [9.17, 15) is 9.18 Å². The predicted molar refractivity (Wildman–Crippen MR) is 73.3 cm³/mol. The second-order valence-corrected chi connectivity index (χ2v) is 4.85. The zero-order chi connectivity index (χ0) is 13.8. The maximum atomic E-state index is 13.3. The number of benzene rings is 1. The van der Waals surface area contributed by atoms with Crippen molar-refractivity contribution in [1.82, 2.24) is 15.1 Å². The zero-order valence-electron chi connectivity index (χ0n) is 10.4. The molecule has 0 fully saturated rings. The highest BCUT2D eigenvalue weighted by molar-refractivity contribution is 9.10. The molecule has 0 saturated carbocycles. The maximum Gasteiger partial charge on any atom is 0.252 e. The van der Waals surface area contributed by atoms with Crippen LogP contribution in [0.4, 0.5) is 4.39 Å². The van der Waals surface area contributed by atoms with Crippen LogP contribution in [0.3, 0.4) is 0 Å². The van der Waals surface area contributed by atoms with Crippen molar-refractivity contribution in [3.05, 3.63) is 52.0 Å². The number of rotatable bonds is 4. The summed E-state index contributed by atoms with van der Waals surface area (Å²) < 4.78 is 15.2. The number of nitrogens with one attached hydrogen (secondary N) is 1. The summed E-state index contributed by atoms with van der Waals surface area (Å²) >= 11 is 3.07. The van der Waals surface area contributed by atoms with E-state index in [-0.39, 0.29) is 10.4 Å². The number of carbonyl (C=O) groups is 1. The van der Waals surface area contributed by atoms with Crippen LogP contribution in [0, 0.1) is 5.82 Å². The molecular weight excluding hydrogens is 313 g/mol. The Bertz CT molecular complexity index is 597. The Labute approximate surface area is 118 Å². The van der Waals surface area contributed by atoms with E-state index in [1.807, 2.05) is 13.1 Å². The molecule has 2 aromatic rings. The monoisotopic (exact) mass is 325 g/mol. The van der Waals surface area contributed by atoms with Crippen molar-refractivity contribution in [2.75, 3.05) is 6.54 Å². The molecule has 0 unspecified atom stereocenters. The molecule has 0 aliphatic rings. The Hall–Kier alpha value is -1.69. The molecule has 1 N–H and O–H groups in total. The van der Waals surface area contributed by atoms with Crippen molar-refractivity contribution in [2.24, 2.45) is 7.05 Å². The van der Waals surface area contributed by atoms with Gasteiger partial charge in [0.25, 0.3) is 5.91 Å². The lowest BCUT2D eigenvalue weighted by Gasteiger charge is -2.07. The summed E-state index contributed by atoms with van der Waals surface area (Å²) in [6, 6.07) is 6.28. The summed E-state index contributed by atoms with van der Waals surface area (Å²) in [4.78, 5) is 11.9. The first-order chi connectivity index (χ1) is 9.09. The number of aromatic nitrogens is 2. The number of aryl methyl sites for hydroxylation is 1. The molecule has 0 radical (unpaired) electrons. The van der Waals surface area contributed by atoms with Crippen LogP contribution in [0.5, 0.6) is 0 Å². The van der Waals surface area contributed by atoms with Crippen LogP contribution >= 0.6 is 15.9 Å². The van der Waals surface area contributed by atoms with E-state index in [0.29, 0.717) is 18.5 Å². The van der Waals surface area contributed by atoms with Crippen LogP contribution in [-0.2, 0) is 13.5 Å². The molecule has 100 valence electrons. The molecule has 0 aliphatic carbocycles. The fraction of sp³-hybridized carbons (Fsp3) is 0.231. The van der Waals surface area contributed by atoms with Gasteiger partial charge in [-0.05, 0) is 34.1 Å². The molecule has 6 heteroatoms. The number of amides is 1. The predicted octanol–water partition coefficient (Wildman–Crippen LogP) is 2.29. The SMILES string of the molecule is Cn1nccc1CCNC(=O)c1cccc(F)c1Br. The first kappa shape index (κ1) is 13.7. The lowest BCUT2D eigenvalue weighted by molar-refractivity contribution is 0.0952. The number of halogens is 2. The van der Waals surface area contributed by atoms with E-state index in [1.165, 1.54) is 12.1 Å². The molecule has 19 heavy (non-hydrogen) atoms. The molecule has 1 aromatic carbocycles. The van der Waals surface area contributed by atoms with Crippen LogP contribution < -0.4 is 5.32 Å². The van der Waals surface area contributed by atoms with E-state index < -0.39 is 5.82 Å². The van der Waals surface area contributed by atoms with E-state index in [4.69, 9.17) is 0 Å². The first-order valence-corrected chi connectivity index (χ1v) is 6.58. The number of hydrogen-bond acceptors (Lipinski definition) is 2. The lowest BCUT2D eigenvalue weighted by atomic mass is 10.2. The Balaban J connectivity index is 1.95. The second-order valence-electron chi connectivity index (χ2n) is 4.05. The highest BCUT2D eigenvalue weighted by atomic mass is 79.9. The van der Waals surface area contributed by atoms with Gasteiger partial charge in [0, 0.05) is 31.9 Å². The van der Waals surface area contributed by atoms with Crippen LogP contribution in [-0.4, -0.2) is 22.2 Å². The van der Waals surface area contributed by atoms with Crippen LogP contribution in [0.2, 0.25) is 0 Å². The Morgan fingerprint density at radius 2 is 2.26 bits per heavy atom. The van der Waals surface area contributed by atoms with Crippen molar-refractivity contribution >= 4 is 21.8 Å². The van der Waals surface area contributed by atoms with Gasteiger partial charge in [0.15, 0.2) is 0 Å². The zero-order valence-corrected chi connectivity index (χ0v) is 11.9. The van der Waals surface area contributed by atoms with Gasteiger partial charge in [-0.15, -0.1) is 0 Å². The average molecular weight is 326 g/mol. The minimum absolute atomic E-state index is 0.188. The summed E-state index contributed by atoms with van der Waals surface area (Å²) in [7, 11) is 1.85. The molecule has 4 nitrogen and oxygen atoms in total. The highest BCUT2D eigenvalue weighted by Gasteiger charge is 2.12. The summed E-state index contributed by atoms with van der Waals surface area (Å²) in [6.07, 6.45) is 2.38. The molecule has 1 amide bonds. The molecule has 1 aromatic heterocycles. The normalized spacial score (nSPS) is 10.5. The Kier molecular flexibility index (Phi) is 4.31. The van der Waals surface area contributed by atoms with Gasteiger partial charge in [-0.25, -0.2) is 4.39 Å². The van der Waals surface area contributed by atoms with Crippen molar-refractivity contribution in [2.45, 2.75) is 6.42 Å². The maximum absolute atomic E-state index is 13.3. The summed E-state index contributed by atoms with van der Waals surface area (Å²) in [5.41, 5.74) is 1.32. The smallest absolute Gasteiger partial charge is 0.252 e. The molecule has 2 rings (SSSR count). The van der Waals surface area contributed by atoms with Crippen molar-refractivity contribution in [3.63, 3.8) is 0 Å². The van der Waals surface area contributed by atoms with Gasteiger partial charge in [-0.1, -0.05) is 6.07 Å². The minimum atomic E-state index is -0.445. The van der Waals surface area contributed by atoms with Gasteiger partial charge in [0.05, 0.1) is 10.0 Å². The van der Waals surface area contributed by atoms with Crippen LogP contribution in [0.1, 0.15) is 16.1 Å². The van der Waals surface area contributed by atoms with Crippen LogP contribution in [0.25, 0.3) is 0 Å². The van der Waals surface area contributed by atoms with Crippen molar-refractivity contribution in [1.29, 1.82) is 0 Å². The highest BCUT2D eigenvalue weighted by Crippen LogP contribution is 2.20. The molecule has 0 bridgehead atoms. The quantitative estimate of drug-likeness (QED) is 0.937. The third kappa shape index (κ3) is 3.20. The lowest BCUT2D eigenvalue weighted by Crippen LogP contribution is -2.26. The molecule has 0 atom stereocenters. The number of hydrogen-bond donors (Lipinski definition) is 1. The van der Waals surface area contributed by atoms with Gasteiger partial charge >= 0.3 is 0 Å². The number of carbonyl (C=O) groups excluding carboxylic acids is 1. The van der Waals surface area contributed by atoms with Gasteiger partial charge in [0.1, 0.15) is 5.82 Å². The summed E-state index contributed by atoms with van der Waals surface area (Å²) in [6.45, 7) is 0.474. The molecule has 0 saturated heterocycles. The van der Waals surface area contributed by atoms with Gasteiger partial charge < -0.3 is 5.32 Å². The molecule has 0 aliphatic heterocycles. The topological polar surface area (TPSA) is 46.9 Å². The second kappa shape index (κ2) is 5.97. The largest absolute Gasteiger partial charge is 0.352 e. The fourth-order valence-corrected chi connectivity index (χ4v) is 2.17. The van der Waals surface area contributed by atoms with E-state index in [0.717, 1.165) is 5.69 Å². The number of nitrogens with zero attached hydrogens (tertiary/aromatic N) is 2. The van der Waals surface area contributed by atoms with Crippen molar-refractivity contribution < 1.29 is 9.18 Å². The standard InChI is InChI=1S/C13H13BrFN3O/c1-18-9(6-8-17-18)5-7-16-13(19)10-3-2-4-11(15)12(10)14/h2-4,6,8H,5,7H2,1H3,(H,16,19). The third-order valence-corrected chi connectivity index (χ3v) is 3.59. The molecule has 0 spiro atoms. The fourth-order valence-electron chi connectivity index (χ4n) is 1.73. The van der Waals surface area contributed by atoms with Gasteiger partial charge in [-0.2, -0.15) is 5.10 Å². The third-order valence-electron chi connectivity index (χ3n) is 2.79. The average Bonchev–Trinajstić information content (AvgIpc) is 2.78. The van der Waals surface area contributed by atoms with Gasteiger partial charge in [-0.3, -0.25) is 9.48 Å². The van der Waals surface area contributed by atoms with Crippen molar-refractivity contribution in [3.8, 4) is 0 Å². The minimum Gasteiger partial charge on any atom is -0.352 e. The molecule has 1 heterocycles. The van der Waals surface area contributed by atoms with E-state index in [1.54, 1.807) is 16.9 Å². The summed E-state index contributed by atoms with van der Waals surface area (Å²) in [5, 5.41) is 6.80. The Morgan fingerprint density at radius 1 is 1.47 bits per heavy atom. The van der Waals surface area contributed by atoms with Gasteiger partial charge in [0.2, 0.25) is 0 Å². The summed E-state index contributed by atoms with van der Waals surface area (Å²) in [5.74, 6) is -0.743. The van der Waals surface area contributed by atoms with E-state index >= 15 is 0 Å². The first-order valence-electron chi connectivity index (χ1n) is 5.78. The van der Waals surface area contributed by atoms with E-state index in [2.05, 4.69) is 26.3 Å². The Morgan fingerprint density at radius 3 is 2.95 bits per heavy atom. The molecular formula is C13H13BrFN3O.